The van der Waals surface area contributed by atoms with Crippen molar-refractivity contribution in [3.05, 3.63) is 71.0 Å². The van der Waals surface area contributed by atoms with Crippen molar-refractivity contribution in [3.8, 4) is 5.69 Å². The zero-order chi connectivity index (χ0) is 19.6. The van der Waals surface area contributed by atoms with Gasteiger partial charge in [0.05, 0.1) is 11.3 Å². The van der Waals surface area contributed by atoms with Crippen molar-refractivity contribution in [3.63, 3.8) is 0 Å². The van der Waals surface area contributed by atoms with Gasteiger partial charge < -0.3 is 5.32 Å². The molecule has 1 heterocycles. The van der Waals surface area contributed by atoms with Gasteiger partial charge >= 0.3 is 0 Å². The molecular formula is C21H21ClN4OS. The van der Waals surface area contributed by atoms with Crippen LogP contribution in [0.2, 0.25) is 5.02 Å². The number of benzene rings is 2. The predicted octanol–water partition coefficient (Wildman–Crippen LogP) is 4.52. The lowest BCUT2D eigenvalue weighted by Crippen LogP contribution is -2.51. The Hall–Kier alpha value is -2.31. The number of aryl methyl sites for hydroxylation is 1. The number of nitrogens with one attached hydrogen (secondary N) is 1. The lowest BCUT2D eigenvalue weighted by molar-refractivity contribution is -0.121. The summed E-state index contributed by atoms with van der Waals surface area (Å²) in [5.74, 6) is 0.290. The van der Waals surface area contributed by atoms with Gasteiger partial charge in [0.15, 0.2) is 5.16 Å². The van der Waals surface area contributed by atoms with Gasteiger partial charge in [-0.3, -0.25) is 9.36 Å². The maximum atomic E-state index is 12.7. The molecule has 1 aliphatic carbocycles. The van der Waals surface area contributed by atoms with E-state index in [1.165, 1.54) is 17.3 Å². The van der Waals surface area contributed by atoms with Crippen molar-refractivity contribution in [2.75, 3.05) is 5.75 Å². The summed E-state index contributed by atoms with van der Waals surface area (Å²) in [7, 11) is 0. The molecule has 1 saturated carbocycles. The molecule has 0 unspecified atom stereocenters. The summed E-state index contributed by atoms with van der Waals surface area (Å²) in [6.45, 7) is 2.05. The number of aromatic nitrogens is 3. The molecule has 0 spiro atoms. The largest absolute Gasteiger partial charge is 0.346 e. The number of rotatable bonds is 6. The van der Waals surface area contributed by atoms with Crippen molar-refractivity contribution >= 4 is 29.3 Å². The highest BCUT2D eigenvalue weighted by Crippen LogP contribution is 2.41. The molecule has 144 valence electrons. The van der Waals surface area contributed by atoms with Crippen LogP contribution in [-0.2, 0) is 10.3 Å². The van der Waals surface area contributed by atoms with Gasteiger partial charge in [-0.1, -0.05) is 53.2 Å². The van der Waals surface area contributed by atoms with E-state index in [0.29, 0.717) is 15.9 Å². The van der Waals surface area contributed by atoms with Crippen LogP contribution >= 0.6 is 23.4 Å². The summed E-state index contributed by atoms with van der Waals surface area (Å²) in [5, 5.41) is 12.8. The Kier molecular flexibility index (Phi) is 5.42. The molecule has 28 heavy (non-hydrogen) atoms. The quantitative estimate of drug-likeness (QED) is 0.605. The summed E-state index contributed by atoms with van der Waals surface area (Å²) < 4.78 is 1.90. The van der Waals surface area contributed by atoms with Gasteiger partial charge in [0, 0.05) is 10.7 Å². The lowest BCUT2D eigenvalue weighted by atomic mass is 9.72. The molecule has 0 saturated heterocycles. The zero-order valence-electron chi connectivity index (χ0n) is 15.6. The van der Waals surface area contributed by atoms with E-state index < -0.39 is 0 Å². The first-order valence-corrected chi connectivity index (χ1v) is 10.6. The number of amides is 1. The van der Waals surface area contributed by atoms with Crippen molar-refractivity contribution in [2.45, 2.75) is 36.9 Å². The molecule has 4 rings (SSSR count). The van der Waals surface area contributed by atoms with Crippen LogP contribution in [-0.4, -0.2) is 26.4 Å². The Labute approximate surface area is 173 Å². The summed E-state index contributed by atoms with van der Waals surface area (Å²) in [6, 6.07) is 15.9. The zero-order valence-corrected chi connectivity index (χ0v) is 17.1. The van der Waals surface area contributed by atoms with E-state index >= 15 is 0 Å². The standard InChI is InChI=1S/C21H21ClN4OS/c1-15-3-9-18(10-4-15)26-14-23-25-20(26)28-13-19(27)24-21(11-2-12-21)16-5-7-17(22)8-6-16/h3-10,14H,2,11-13H2,1H3,(H,24,27). The summed E-state index contributed by atoms with van der Waals surface area (Å²) >= 11 is 7.39. The second-order valence-corrected chi connectivity index (χ2v) is 8.48. The topological polar surface area (TPSA) is 59.8 Å². The Morgan fingerprint density at radius 1 is 1.18 bits per heavy atom. The number of halogens is 1. The molecule has 3 aromatic rings. The first-order chi connectivity index (χ1) is 13.6. The Morgan fingerprint density at radius 3 is 2.54 bits per heavy atom. The third-order valence-electron chi connectivity index (χ3n) is 5.14. The smallest absolute Gasteiger partial charge is 0.231 e. The van der Waals surface area contributed by atoms with Gasteiger partial charge in [0.25, 0.3) is 0 Å². The van der Waals surface area contributed by atoms with Crippen LogP contribution in [0, 0.1) is 6.92 Å². The minimum atomic E-state index is -0.271. The van der Waals surface area contributed by atoms with Crippen LogP contribution in [0.3, 0.4) is 0 Å². The fourth-order valence-electron chi connectivity index (χ4n) is 3.42. The Morgan fingerprint density at radius 2 is 1.89 bits per heavy atom. The average Bonchev–Trinajstić information content (AvgIpc) is 3.13. The number of hydrogen-bond donors (Lipinski definition) is 1. The van der Waals surface area contributed by atoms with Gasteiger partial charge in [-0.2, -0.15) is 0 Å². The summed E-state index contributed by atoms with van der Waals surface area (Å²) in [6.07, 6.45) is 4.68. The highest BCUT2D eigenvalue weighted by Gasteiger charge is 2.39. The van der Waals surface area contributed by atoms with Crippen molar-refractivity contribution in [1.82, 2.24) is 20.1 Å². The minimum Gasteiger partial charge on any atom is -0.346 e. The lowest BCUT2D eigenvalue weighted by Gasteiger charge is -2.43. The van der Waals surface area contributed by atoms with Gasteiger partial charge in [-0.15, -0.1) is 10.2 Å². The molecule has 2 aromatic carbocycles. The first kappa shape index (κ1) is 19.0. The van der Waals surface area contributed by atoms with Crippen LogP contribution in [0.4, 0.5) is 0 Å². The molecule has 5 nitrogen and oxygen atoms in total. The van der Waals surface area contributed by atoms with Crippen molar-refractivity contribution in [1.29, 1.82) is 0 Å². The minimum absolute atomic E-state index is 0.00175. The van der Waals surface area contributed by atoms with E-state index in [9.17, 15) is 4.79 Å². The average molecular weight is 413 g/mol. The molecule has 0 aliphatic heterocycles. The summed E-state index contributed by atoms with van der Waals surface area (Å²) in [4.78, 5) is 12.7. The van der Waals surface area contributed by atoms with Crippen molar-refractivity contribution in [2.24, 2.45) is 0 Å². The van der Waals surface area contributed by atoms with E-state index in [-0.39, 0.29) is 11.4 Å². The highest BCUT2D eigenvalue weighted by atomic mass is 35.5. The van der Waals surface area contributed by atoms with Crippen LogP contribution in [0.5, 0.6) is 0 Å². The third kappa shape index (κ3) is 3.93. The molecule has 1 aliphatic rings. The molecule has 1 fully saturated rings. The first-order valence-electron chi connectivity index (χ1n) is 9.23. The summed E-state index contributed by atoms with van der Waals surface area (Å²) in [5.41, 5.74) is 3.02. The van der Waals surface area contributed by atoms with E-state index in [2.05, 4.69) is 15.5 Å². The molecule has 1 aromatic heterocycles. The Balaban J connectivity index is 1.42. The molecule has 1 amide bonds. The molecule has 0 radical (unpaired) electrons. The third-order valence-corrected chi connectivity index (χ3v) is 6.34. The number of hydrogen-bond acceptors (Lipinski definition) is 4. The molecule has 7 heteroatoms. The fraction of sp³-hybridized carbons (Fsp3) is 0.286. The fourth-order valence-corrected chi connectivity index (χ4v) is 4.28. The van der Waals surface area contributed by atoms with Gasteiger partial charge in [0.1, 0.15) is 6.33 Å². The van der Waals surface area contributed by atoms with Crippen LogP contribution in [0.25, 0.3) is 5.69 Å². The van der Waals surface area contributed by atoms with E-state index in [1.807, 2.05) is 60.0 Å². The van der Waals surface area contributed by atoms with E-state index in [0.717, 1.165) is 30.5 Å². The van der Waals surface area contributed by atoms with Gasteiger partial charge in [-0.05, 0) is 56.0 Å². The highest BCUT2D eigenvalue weighted by molar-refractivity contribution is 7.99. The normalized spacial score (nSPS) is 15.1. The maximum absolute atomic E-state index is 12.7. The van der Waals surface area contributed by atoms with E-state index in [4.69, 9.17) is 11.6 Å². The molecule has 0 atom stereocenters. The predicted molar refractivity (Wildman–Crippen MR) is 112 cm³/mol. The second-order valence-electron chi connectivity index (χ2n) is 7.10. The van der Waals surface area contributed by atoms with Crippen molar-refractivity contribution < 1.29 is 4.79 Å². The molecular weight excluding hydrogens is 392 g/mol. The molecule has 1 N–H and O–H groups in total. The number of nitrogens with zero attached hydrogens (tertiary/aromatic N) is 3. The Bertz CT molecular complexity index is 965. The number of carbonyl (C=O) groups excluding carboxylic acids is 1. The van der Waals surface area contributed by atoms with Crippen LogP contribution in [0.15, 0.2) is 60.0 Å². The maximum Gasteiger partial charge on any atom is 0.231 e. The SMILES string of the molecule is Cc1ccc(-n2cnnc2SCC(=O)NC2(c3ccc(Cl)cc3)CCC2)cc1. The molecule has 0 bridgehead atoms. The van der Waals surface area contributed by atoms with E-state index in [1.54, 1.807) is 6.33 Å². The monoisotopic (exact) mass is 412 g/mol. The van der Waals surface area contributed by atoms with Crippen LogP contribution in [0.1, 0.15) is 30.4 Å². The van der Waals surface area contributed by atoms with Gasteiger partial charge in [-0.25, -0.2) is 0 Å². The number of carbonyl (C=O) groups is 1. The van der Waals surface area contributed by atoms with Gasteiger partial charge in [0.2, 0.25) is 5.91 Å². The van der Waals surface area contributed by atoms with Crippen LogP contribution < -0.4 is 5.32 Å². The number of thioether (sulfide) groups is 1. The second kappa shape index (κ2) is 7.97.